The molecule has 0 aliphatic rings. The number of hydrogen-bond donors (Lipinski definition) is 0. The SMILES string of the molecule is Cc1cnn(Cc2ccc(Cn3cncc3CCOC=O)cc2)c1. The third kappa shape index (κ3) is 4.10. The van der Waals surface area contributed by atoms with Crippen molar-refractivity contribution in [1.82, 2.24) is 19.3 Å². The molecule has 2 aromatic heterocycles. The summed E-state index contributed by atoms with van der Waals surface area (Å²) < 4.78 is 8.76. The summed E-state index contributed by atoms with van der Waals surface area (Å²) in [5.74, 6) is 0. The van der Waals surface area contributed by atoms with Gasteiger partial charge in [0.25, 0.3) is 6.47 Å². The Balaban J connectivity index is 1.62. The number of carbonyl (C=O) groups excluding carboxylic acids is 1. The summed E-state index contributed by atoms with van der Waals surface area (Å²) in [5.41, 5.74) is 4.63. The molecule has 0 N–H and O–H groups in total. The quantitative estimate of drug-likeness (QED) is 0.471. The van der Waals surface area contributed by atoms with Crippen molar-refractivity contribution in [2.24, 2.45) is 0 Å². The molecule has 3 aromatic rings. The highest BCUT2D eigenvalue weighted by atomic mass is 16.5. The van der Waals surface area contributed by atoms with Gasteiger partial charge in [0.15, 0.2) is 0 Å². The monoisotopic (exact) mass is 324 g/mol. The van der Waals surface area contributed by atoms with E-state index < -0.39 is 0 Å². The normalized spacial score (nSPS) is 10.7. The zero-order valence-corrected chi connectivity index (χ0v) is 13.6. The number of ether oxygens (including phenoxy) is 1. The van der Waals surface area contributed by atoms with E-state index in [0.29, 0.717) is 19.5 Å². The van der Waals surface area contributed by atoms with Gasteiger partial charge in [-0.3, -0.25) is 9.48 Å². The van der Waals surface area contributed by atoms with Gasteiger partial charge in [-0.1, -0.05) is 24.3 Å². The lowest BCUT2D eigenvalue weighted by atomic mass is 10.1. The molecule has 3 rings (SSSR count). The van der Waals surface area contributed by atoms with E-state index in [1.807, 2.05) is 30.2 Å². The van der Waals surface area contributed by atoms with Gasteiger partial charge in [-0.05, 0) is 23.6 Å². The van der Waals surface area contributed by atoms with Crippen LogP contribution in [0.15, 0.2) is 49.2 Å². The summed E-state index contributed by atoms with van der Waals surface area (Å²) in [4.78, 5) is 14.4. The standard InChI is InChI=1S/C18H20N4O2/c1-15-8-20-22(10-15)12-17-4-2-16(3-5-17)11-21-13-19-9-18(21)6-7-24-14-23/h2-5,8-10,13-14H,6-7,11-12H2,1H3. The van der Waals surface area contributed by atoms with Gasteiger partial charge in [0, 0.05) is 31.1 Å². The first-order chi connectivity index (χ1) is 11.7. The number of hydrogen-bond acceptors (Lipinski definition) is 4. The summed E-state index contributed by atoms with van der Waals surface area (Å²) >= 11 is 0. The molecule has 2 heterocycles. The van der Waals surface area contributed by atoms with E-state index in [-0.39, 0.29) is 0 Å². The van der Waals surface area contributed by atoms with Crippen molar-refractivity contribution < 1.29 is 9.53 Å². The van der Waals surface area contributed by atoms with Crippen LogP contribution in [0.1, 0.15) is 22.4 Å². The zero-order valence-electron chi connectivity index (χ0n) is 13.6. The maximum atomic E-state index is 10.2. The first-order valence-electron chi connectivity index (χ1n) is 7.86. The van der Waals surface area contributed by atoms with E-state index in [1.165, 1.54) is 11.1 Å². The largest absolute Gasteiger partial charge is 0.467 e. The van der Waals surface area contributed by atoms with E-state index >= 15 is 0 Å². The number of rotatable bonds is 8. The second kappa shape index (κ2) is 7.59. The van der Waals surface area contributed by atoms with Crippen LogP contribution in [0.25, 0.3) is 0 Å². The fraction of sp³-hybridized carbons (Fsp3) is 0.278. The van der Waals surface area contributed by atoms with Gasteiger partial charge in [0.2, 0.25) is 0 Å². The van der Waals surface area contributed by atoms with Crippen molar-refractivity contribution in [3.8, 4) is 0 Å². The Kier molecular flexibility index (Phi) is 5.05. The number of imidazole rings is 1. The van der Waals surface area contributed by atoms with Crippen molar-refractivity contribution in [2.75, 3.05) is 6.61 Å². The van der Waals surface area contributed by atoms with Crippen molar-refractivity contribution in [2.45, 2.75) is 26.4 Å². The minimum Gasteiger partial charge on any atom is -0.467 e. The summed E-state index contributed by atoms with van der Waals surface area (Å²) in [6, 6.07) is 8.49. The minimum absolute atomic E-state index is 0.372. The first kappa shape index (κ1) is 16.0. The average Bonchev–Trinajstić information content (AvgIpc) is 3.19. The Bertz CT molecular complexity index is 789. The van der Waals surface area contributed by atoms with Gasteiger partial charge < -0.3 is 9.30 Å². The third-order valence-electron chi connectivity index (χ3n) is 3.83. The summed E-state index contributed by atoms with van der Waals surface area (Å²) in [7, 11) is 0. The van der Waals surface area contributed by atoms with Crippen molar-refractivity contribution >= 4 is 6.47 Å². The van der Waals surface area contributed by atoms with E-state index in [0.717, 1.165) is 24.3 Å². The lowest BCUT2D eigenvalue weighted by Crippen LogP contribution is -2.06. The second-order valence-electron chi connectivity index (χ2n) is 5.76. The van der Waals surface area contributed by atoms with Crippen LogP contribution < -0.4 is 0 Å². The Hall–Kier alpha value is -2.89. The number of carbonyl (C=O) groups is 1. The number of aromatic nitrogens is 4. The molecular weight excluding hydrogens is 304 g/mol. The van der Waals surface area contributed by atoms with Crippen LogP contribution in [0, 0.1) is 6.92 Å². The maximum absolute atomic E-state index is 10.2. The molecule has 0 bridgehead atoms. The molecule has 0 radical (unpaired) electrons. The van der Waals surface area contributed by atoms with Crippen LogP contribution in [0.2, 0.25) is 0 Å². The fourth-order valence-corrected chi connectivity index (χ4v) is 2.60. The molecule has 0 aliphatic heterocycles. The molecule has 24 heavy (non-hydrogen) atoms. The van der Waals surface area contributed by atoms with E-state index in [9.17, 15) is 4.79 Å². The predicted molar refractivity (Wildman–Crippen MR) is 89.6 cm³/mol. The summed E-state index contributed by atoms with van der Waals surface area (Å²) in [6.07, 6.45) is 8.17. The van der Waals surface area contributed by atoms with Crippen LogP contribution in [-0.2, 0) is 29.0 Å². The molecule has 0 saturated heterocycles. The lowest BCUT2D eigenvalue weighted by molar-refractivity contribution is -0.128. The van der Waals surface area contributed by atoms with Crippen molar-refractivity contribution in [3.05, 3.63) is 71.6 Å². The molecule has 6 nitrogen and oxygen atoms in total. The molecule has 1 aromatic carbocycles. The Morgan fingerprint density at radius 2 is 1.88 bits per heavy atom. The lowest BCUT2D eigenvalue weighted by Gasteiger charge is -2.09. The van der Waals surface area contributed by atoms with Gasteiger partial charge in [0.05, 0.1) is 25.7 Å². The maximum Gasteiger partial charge on any atom is 0.293 e. The van der Waals surface area contributed by atoms with E-state index in [2.05, 4.69) is 38.9 Å². The van der Waals surface area contributed by atoms with Crippen LogP contribution in [0.4, 0.5) is 0 Å². The molecule has 0 unspecified atom stereocenters. The van der Waals surface area contributed by atoms with Crippen molar-refractivity contribution in [1.29, 1.82) is 0 Å². The van der Waals surface area contributed by atoms with Gasteiger partial charge in [0.1, 0.15) is 0 Å². The van der Waals surface area contributed by atoms with Crippen LogP contribution >= 0.6 is 0 Å². The summed E-state index contributed by atoms with van der Waals surface area (Å²) in [5, 5.41) is 4.31. The van der Waals surface area contributed by atoms with Crippen LogP contribution in [0.5, 0.6) is 0 Å². The predicted octanol–water partition coefficient (Wildman–Crippen LogP) is 2.20. The second-order valence-corrected chi connectivity index (χ2v) is 5.76. The molecular formula is C18H20N4O2. The van der Waals surface area contributed by atoms with Crippen LogP contribution in [0.3, 0.4) is 0 Å². The highest BCUT2D eigenvalue weighted by Gasteiger charge is 2.04. The molecule has 0 spiro atoms. The van der Waals surface area contributed by atoms with Gasteiger partial charge >= 0.3 is 0 Å². The highest BCUT2D eigenvalue weighted by molar-refractivity contribution is 5.36. The fourth-order valence-electron chi connectivity index (χ4n) is 2.60. The average molecular weight is 324 g/mol. The third-order valence-corrected chi connectivity index (χ3v) is 3.83. The van der Waals surface area contributed by atoms with Crippen LogP contribution in [-0.4, -0.2) is 32.4 Å². The smallest absolute Gasteiger partial charge is 0.293 e. The highest BCUT2D eigenvalue weighted by Crippen LogP contribution is 2.10. The zero-order chi connectivity index (χ0) is 16.8. The Morgan fingerprint density at radius 3 is 2.54 bits per heavy atom. The Morgan fingerprint density at radius 1 is 1.12 bits per heavy atom. The molecule has 6 heteroatoms. The summed E-state index contributed by atoms with van der Waals surface area (Å²) in [6.45, 7) is 4.40. The minimum atomic E-state index is 0.372. The number of aryl methyl sites for hydroxylation is 1. The molecule has 0 amide bonds. The molecule has 0 aliphatic carbocycles. The van der Waals surface area contributed by atoms with Gasteiger partial charge in [-0.2, -0.15) is 5.10 Å². The Labute approximate surface area is 140 Å². The molecule has 124 valence electrons. The van der Waals surface area contributed by atoms with E-state index in [1.54, 1.807) is 6.33 Å². The van der Waals surface area contributed by atoms with E-state index in [4.69, 9.17) is 4.74 Å². The molecule has 0 saturated carbocycles. The number of benzene rings is 1. The van der Waals surface area contributed by atoms with Gasteiger partial charge in [-0.25, -0.2) is 4.98 Å². The number of nitrogens with zero attached hydrogens (tertiary/aromatic N) is 4. The molecule has 0 atom stereocenters. The van der Waals surface area contributed by atoms with Gasteiger partial charge in [-0.15, -0.1) is 0 Å². The topological polar surface area (TPSA) is 61.9 Å². The first-order valence-corrected chi connectivity index (χ1v) is 7.86. The van der Waals surface area contributed by atoms with Crippen molar-refractivity contribution in [3.63, 3.8) is 0 Å². The molecule has 0 fully saturated rings.